The van der Waals surface area contributed by atoms with Crippen molar-refractivity contribution < 1.29 is 4.79 Å². The maximum Gasteiger partial charge on any atom is 0.242 e. The summed E-state index contributed by atoms with van der Waals surface area (Å²) in [6.45, 7) is 6.08. The third-order valence-electron chi connectivity index (χ3n) is 5.86. The molecule has 0 unspecified atom stereocenters. The van der Waals surface area contributed by atoms with Gasteiger partial charge in [0.05, 0.1) is 5.39 Å². The molecule has 0 radical (unpaired) electrons. The van der Waals surface area contributed by atoms with Crippen LogP contribution >= 0.6 is 0 Å². The third-order valence-corrected chi connectivity index (χ3v) is 5.86. The molecule has 4 rings (SSSR count). The minimum absolute atomic E-state index is 0.0748. The fraction of sp³-hybridized carbons (Fsp3) is 0.458. The number of hydrogen-bond acceptors (Lipinski definition) is 5. The van der Waals surface area contributed by atoms with E-state index in [1.54, 1.807) is 6.33 Å². The predicted octanol–water partition coefficient (Wildman–Crippen LogP) is 3.96. The number of nitrogens with one attached hydrogen (secondary N) is 3. The SMILES string of the molecule is CC(C)CC[C@@H](Nc1ccccc1)C(=O)N[C@@H]1CCCN(c2ncnc3[nH]ccc23)C1. The van der Waals surface area contributed by atoms with Gasteiger partial charge in [-0.1, -0.05) is 32.0 Å². The Labute approximate surface area is 183 Å². The van der Waals surface area contributed by atoms with Crippen molar-refractivity contribution in [2.24, 2.45) is 5.92 Å². The van der Waals surface area contributed by atoms with Crippen LogP contribution in [0.1, 0.15) is 39.5 Å². The van der Waals surface area contributed by atoms with Crippen LogP contribution in [-0.2, 0) is 4.79 Å². The number of aromatic nitrogens is 3. The fourth-order valence-electron chi connectivity index (χ4n) is 4.20. The lowest BCUT2D eigenvalue weighted by Crippen LogP contribution is -2.51. The molecular weight excluding hydrogens is 388 g/mol. The molecule has 3 N–H and O–H groups in total. The summed E-state index contributed by atoms with van der Waals surface area (Å²) in [6, 6.07) is 11.9. The fourth-order valence-corrected chi connectivity index (χ4v) is 4.20. The van der Waals surface area contributed by atoms with E-state index in [2.05, 4.69) is 44.3 Å². The highest BCUT2D eigenvalue weighted by molar-refractivity contribution is 5.87. The Morgan fingerprint density at radius 1 is 1.19 bits per heavy atom. The quantitative estimate of drug-likeness (QED) is 0.514. The highest BCUT2D eigenvalue weighted by Crippen LogP contribution is 2.25. The van der Waals surface area contributed by atoms with Crippen LogP contribution in [0.4, 0.5) is 11.5 Å². The van der Waals surface area contributed by atoms with E-state index in [9.17, 15) is 4.79 Å². The number of carbonyl (C=O) groups excluding carboxylic acids is 1. The molecule has 1 amide bonds. The molecule has 0 bridgehead atoms. The molecule has 1 saturated heterocycles. The summed E-state index contributed by atoms with van der Waals surface area (Å²) in [5.74, 6) is 1.56. The number of benzene rings is 1. The van der Waals surface area contributed by atoms with E-state index in [0.717, 1.165) is 61.3 Å². The van der Waals surface area contributed by atoms with Crippen molar-refractivity contribution >= 4 is 28.4 Å². The normalized spacial score (nSPS) is 17.6. The Balaban J connectivity index is 1.43. The number of carbonyl (C=O) groups is 1. The highest BCUT2D eigenvalue weighted by atomic mass is 16.2. The van der Waals surface area contributed by atoms with Crippen molar-refractivity contribution in [1.82, 2.24) is 20.3 Å². The number of fused-ring (bicyclic) bond motifs is 1. The number of anilines is 2. The van der Waals surface area contributed by atoms with Gasteiger partial charge < -0.3 is 20.5 Å². The van der Waals surface area contributed by atoms with Crippen LogP contribution in [0.25, 0.3) is 11.0 Å². The van der Waals surface area contributed by atoms with Crippen molar-refractivity contribution in [3.8, 4) is 0 Å². The smallest absolute Gasteiger partial charge is 0.242 e. The van der Waals surface area contributed by atoms with Gasteiger partial charge in [-0.2, -0.15) is 0 Å². The summed E-state index contributed by atoms with van der Waals surface area (Å²) in [7, 11) is 0. The van der Waals surface area contributed by atoms with Gasteiger partial charge in [-0.05, 0) is 49.8 Å². The lowest BCUT2D eigenvalue weighted by Gasteiger charge is -2.35. The monoisotopic (exact) mass is 420 g/mol. The molecule has 7 heteroatoms. The average molecular weight is 421 g/mol. The van der Waals surface area contributed by atoms with Crippen LogP contribution in [0.2, 0.25) is 0 Å². The Hall–Kier alpha value is -3.09. The van der Waals surface area contributed by atoms with Gasteiger partial charge in [-0.3, -0.25) is 4.79 Å². The van der Waals surface area contributed by atoms with Crippen molar-refractivity contribution in [3.63, 3.8) is 0 Å². The van der Waals surface area contributed by atoms with Crippen molar-refractivity contribution in [2.45, 2.75) is 51.6 Å². The molecule has 31 heavy (non-hydrogen) atoms. The standard InChI is InChI=1S/C24H32N6O/c1-17(2)10-11-21(28-18-7-4-3-5-8-18)24(31)29-19-9-6-14-30(15-19)23-20-12-13-25-22(20)26-16-27-23/h3-5,7-8,12-13,16-17,19,21,28H,6,9-11,14-15H2,1-2H3,(H,29,31)(H,25,26,27)/t19-,21-/m1/s1. The lowest BCUT2D eigenvalue weighted by molar-refractivity contribution is -0.122. The molecule has 1 aliphatic heterocycles. The zero-order valence-corrected chi connectivity index (χ0v) is 18.3. The molecule has 1 fully saturated rings. The van der Waals surface area contributed by atoms with Gasteiger partial charge in [0, 0.05) is 31.0 Å². The number of rotatable bonds is 8. The molecule has 164 valence electrons. The maximum atomic E-state index is 13.2. The minimum Gasteiger partial charge on any atom is -0.374 e. The van der Waals surface area contributed by atoms with E-state index in [1.165, 1.54) is 0 Å². The third kappa shape index (κ3) is 5.34. The second kappa shape index (κ2) is 9.81. The molecule has 0 aliphatic carbocycles. The number of para-hydroxylation sites is 1. The zero-order valence-electron chi connectivity index (χ0n) is 18.3. The summed E-state index contributed by atoms with van der Waals surface area (Å²) >= 11 is 0. The average Bonchev–Trinajstić information content (AvgIpc) is 3.26. The van der Waals surface area contributed by atoms with Crippen LogP contribution in [0.5, 0.6) is 0 Å². The molecule has 3 aromatic rings. The van der Waals surface area contributed by atoms with Gasteiger partial charge in [0.1, 0.15) is 23.8 Å². The Kier molecular flexibility index (Phi) is 6.70. The minimum atomic E-state index is -0.240. The van der Waals surface area contributed by atoms with E-state index >= 15 is 0 Å². The first-order chi connectivity index (χ1) is 15.1. The Morgan fingerprint density at radius 2 is 2.03 bits per heavy atom. The summed E-state index contributed by atoms with van der Waals surface area (Å²) in [6.07, 6.45) is 7.30. The van der Waals surface area contributed by atoms with Gasteiger partial charge in [0.2, 0.25) is 5.91 Å². The lowest BCUT2D eigenvalue weighted by atomic mass is 10.0. The van der Waals surface area contributed by atoms with Crippen LogP contribution in [-0.4, -0.2) is 46.0 Å². The maximum absolute atomic E-state index is 13.2. The van der Waals surface area contributed by atoms with Gasteiger partial charge in [-0.15, -0.1) is 0 Å². The molecule has 3 heterocycles. The molecule has 1 aromatic carbocycles. The number of piperidine rings is 1. The number of aromatic amines is 1. The van der Waals surface area contributed by atoms with Gasteiger partial charge in [0.25, 0.3) is 0 Å². The van der Waals surface area contributed by atoms with E-state index < -0.39 is 0 Å². The number of amides is 1. The van der Waals surface area contributed by atoms with E-state index in [4.69, 9.17) is 0 Å². The zero-order chi connectivity index (χ0) is 21.6. The van der Waals surface area contributed by atoms with Crippen LogP contribution in [0.3, 0.4) is 0 Å². The Morgan fingerprint density at radius 3 is 2.84 bits per heavy atom. The topological polar surface area (TPSA) is 85.9 Å². The van der Waals surface area contributed by atoms with E-state index in [-0.39, 0.29) is 18.0 Å². The van der Waals surface area contributed by atoms with Crippen molar-refractivity contribution in [1.29, 1.82) is 0 Å². The van der Waals surface area contributed by atoms with Crippen LogP contribution < -0.4 is 15.5 Å². The highest BCUT2D eigenvalue weighted by Gasteiger charge is 2.27. The molecule has 2 aromatic heterocycles. The molecule has 2 atom stereocenters. The largest absolute Gasteiger partial charge is 0.374 e. The van der Waals surface area contributed by atoms with E-state index in [0.29, 0.717) is 5.92 Å². The van der Waals surface area contributed by atoms with Crippen molar-refractivity contribution in [2.75, 3.05) is 23.3 Å². The first-order valence-corrected chi connectivity index (χ1v) is 11.2. The summed E-state index contributed by atoms with van der Waals surface area (Å²) in [4.78, 5) is 27.4. The second-order valence-electron chi connectivity index (χ2n) is 8.77. The summed E-state index contributed by atoms with van der Waals surface area (Å²) in [5, 5.41) is 7.77. The van der Waals surface area contributed by atoms with E-state index in [1.807, 2.05) is 42.6 Å². The molecular formula is C24H32N6O. The molecule has 0 spiro atoms. The predicted molar refractivity (Wildman–Crippen MR) is 125 cm³/mol. The number of H-pyrrole nitrogens is 1. The summed E-state index contributed by atoms with van der Waals surface area (Å²) in [5.41, 5.74) is 1.82. The second-order valence-corrected chi connectivity index (χ2v) is 8.77. The molecule has 1 aliphatic rings. The van der Waals surface area contributed by atoms with Crippen LogP contribution in [0, 0.1) is 5.92 Å². The first-order valence-electron chi connectivity index (χ1n) is 11.2. The summed E-state index contributed by atoms with van der Waals surface area (Å²) < 4.78 is 0. The van der Waals surface area contributed by atoms with Crippen molar-refractivity contribution in [3.05, 3.63) is 48.9 Å². The van der Waals surface area contributed by atoms with Crippen LogP contribution in [0.15, 0.2) is 48.9 Å². The first kappa shape index (κ1) is 21.2. The van der Waals surface area contributed by atoms with Gasteiger partial charge >= 0.3 is 0 Å². The molecule has 7 nitrogen and oxygen atoms in total. The van der Waals surface area contributed by atoms with Gasteiger partial charge in [-0.25, -0.2) is 9.97 Å². The molecule has 0 saturated carbocycles. The number of hydrogen-bond donors (Lipinski definition) is 3. The van der Waals surface area contributed by atoms with Gasteiger partial charge in [0.15, 0.2) is 0 Å². The number of nitrogens with zero attached hydrogens (tertiary/aromatic N) is 3. The Bertz CT molecular complexity index is 986.